The fourth-order valence-corrected chi connectivity index (χ4v) is 7.85. The molecule has 220 valence electrons. The van der Waals surface area contributed by atoms with Crippen molar-refractivity contribution >= 4 is 52.2 Å². The minimum absolute atomic E-state index is 0.235. The number of thiazole rings is 1. The Labute approximate surface area is 250 Å². The molecule has 1 fully saturated rings. The van der Waals surface area contributed by atoms with Crippen molar-refractivity contribution in [3.63, 3.8) is 0 Å². The molecule has 3 unspecified atom stereocenters. The molecule has 6 rings (SSSR count). The number of rotatable bonds is 6. The van der Waals surface area contributed by atoms with E-state index >= 15 is 0 Å². The van der Waals surface area contributed by atoms with Gasteiger partial charge in [0.2, 0.25) is 11.8 Å². The second-order valence-electron chi connectivity index (χ2n) is 10.0. The summed E-state index contributed by atoms with van der Waals surface area (Å²) in [5.41, 5.74) is 0.371. The van der Waals surface area contributed by atoms with Crippen LogP contribution in [0.15, 0.2) is 82.6 Å². The Morgan fingerprint density at radius 1 is 0.977 bits per heavy atom. The van der Waals surface area contributed by atoms with Gasteiger partial charge >= 0.3 is 11.0 Å². The number of nitrogens with one attached hydrogen (secondary N) is 2. The fourth-order valence-electron chi connectivity index (χ4n) is 5.34. The Morgan fingerprint density at radius 2 is 1.67 bits per heavy atom. The molecule has 0 bridgehead atoms. The Balaban J connectivity index is 1.36. The number of carbonyl (C=O) groups is 3. The van der Waals surface area contributed by atoms with Crippen LogP contribution in [-0.2, 0) is 20.6 Å². The number of hydrogen-bond donors (Lipinski definition) is 2. The van der Waals surface area contributed by atoms with Crippen molar-refractivity contribution in [2.24, 2.45) is 5.92 Å². The number of alkyl halides is 3. The van der Waals surface area contributed by atoms with Crippen LogP contribution in [0.5, 0.6) is 5.75 Å². The SMILES string of the molecule is Cc1ccc(NC(=O)COc2ccccc2C2c3sc(=O)[nH]c3SC3C(=O)N(c4ccccc4C(F)(F)F)C(=O)C32)cc1. The molecular formula is C30H22F3N3O5S2. The normalized spacial score (nSPS) is 19.6. The number of fused-ring (bicyclic) bond motifs is 2. The third-order valence-electron chi connectivity index (χ3n) is 7.22. The van der Waals surface area contributed by atoms with E-state index < -0.39 is 57.1 Å². The van der Waals surface area contributed by atoms with Crippen molar-refractivity contribution in [1.82, 2.24) is 4.98 Å². The van der Waals surface area contributed by atoms with Crippen LogP contribution in [0.1, 0.15) is 27.5 Å². The number of hydrogen-bond acceptors (Lipinski definition) is 7. The lowest BCUT2D eigenvalue weighted by atomic mass is 9.82. The van der Waals surface area contributed by atoms with Crippen LogP contribution < -0.4 is 19.8 Å². The quantitative estimate of drug-likeness (QED) is 0.271. The van der Waals surface area contributed by atoms with E-state index in [0.29, 0.717) is 26.1 Å². The number of anilines is 2. The smallest absolute Gasteiger partial charge is 0.418 e. The average Bonchev–Trinajstić information content (AvgIpc) is 3.47. The van der Waals surface area contributed by atoms with E-state index in [9.17, 15) is 32.3 Å². The van der Waals surface area contributed by atoms with E-state index in [0.717, 1.165) is 40.8 Å². The second kappa shape index (κ2) is 11.0. The molecule has 2 aliphatic rings. The number of aryl methyl sites for hydroxylation is 1. The Morgan fingerprint density at radius 3 is 2.42 bits per heavy atom. The summed E-state index contributed by atoms with van der Waals surface area (Å²) < 4.78 is 47.6. The first-order chi connectivity index (χ1) is 20.5. The van der Waals surface area contributed by atoms with Gasteiger partial charge in [-0.1, -0.05) is 71.1 Å². The Hall–Kier alpha value is -4.36. The fraction of sp³-hybridized carbons (Fsp3) is 0.200. The maximum Gasteiger partial charge on any atom is 0.418 e. The van der Waals surface area contributed by atoms with Crippen LogP contribution in [0.4, 0.5) is 24.5 Å². The van der Waals surface area contributed by atoms with Gasteiger partial charge in [0.15, 0.2) is 6.61 Å². The number of aromatic amines is 1. The van der Waals surface area contributed by atoms with E-state index in [-0.39, 0.29) is 12.4 Å². The standard InChI is InChI=1S/C30H22F3N3O5S2/c1-15-10-12-16(13-11-15)34-21(37)14-41-20-9-5-2-6-17(20)22-23-25(42-26-24(22)43-29(40)35-26)28(39)36(27(23)38)19-8-4-3-7-18(19)30(31,32)33/h2-13,22-23,25H,14H2,1H3,(H,34,37)(H,35,40). The largest absolute Gasteiger partial charge is 0.483 e. The predicted molar refractivity (Wildman–Crippen MR) is 156 cm³/mol. The number of thioether (sulfide) groups is 1. The van der Waals surface area contributed by atoms with Crippen molar-refractivity contribution in [2.45, 2.75) is 29.3 Å². The van der Waals surface area contributed by atoms with Gasteiger partial charge in [-0.25, -0.2) is 4.90 Å². The van der Waals surface area contributed by atoms with Gasteiger partial charge in [-0.3, -0.25) is 19.2 Å². The maximum absolute atomic E-state index is 14.0. The summed E-state index contributed by atoms with van der Waals surface area (Å²) >= 11 is 1.81. The minimum Gasteiger partial charge on any atom is -0.483 e. The summed E-state index contributed by atoms with van der Waals surface area (Å²) in [4.78, 5) is 56.1. The molecule has 1 aromatic heterocycles. The molecule has 3 heterocycles. The lowest BCUT2D eigenvalue weighted by Crippen LogP contribution is -2.33. The van der Waals surface area contributed by atoms with Crippen LogP contribution in [0.25, 0.3) is 0 Å². The number of benzene rings is 3. The van der Waals surface area contributed by atoms with Crippen LogP contribution in [0.3, 0.4) is 0 Å². The van der Waals surface area contributed by atoms with Crippen molar-refractivity contribution in [3.05, 3.63) is 104 Å². The average molecular weight is 626 g/mol. The van der Waals surface area contributed by atoms with Crippen molar-refractivity contribution in [1.29, 1.82) is 0 Å². The molecule has 1 saturated heterocycles. The van der Waals surface area contributed by atoms with Crippen molar-refractivity contribution in [3.8, 4) is 5.75 Å². The predicted octanol–water partition coefficient (Wildman–Crippen LogP) is 5.58. The second-order valence-corrected chi connectivity index (χ2v) is 12.2. The monoisotopic (exact) mass is 625 g/mol. The molecule has 4 aromatic rings. The number of H-pyrrole nitrogens is 1. The highest BCUT2D eigenvalue weighted by atomic mass is 32.2. The van der Waals surface area contributed by atoms with Gasteiger partial charge in [0.25, 0.3) is 5.91 Å². The molecule has 0 radical (unpaired) electrons. The molecule has 0 spiro atoms. The molecule has 2 aliphatic heterocycles. The molecule has 3 aromatic carbocycles. The third kappa shape index (κ3) is 5.34. The summed E-state index contributed by atoms with van der Waals surface area (Å²) in [6.07, 6.45) is -4.80. The molecule has 2 N–H and O–H groups in total. The van der Waals surface area contributed by atoms with Gasteiger partial charge in [-0.05, 0) is 37.3 Å². The molecule has 3 atom stereocenters. The minimum atomic E-state index is -4.80. The zero-order chi connectivity index (χ0) is 30.5. The van der Waals surface area contributed by atoms with Gasteiger partial charge in [0.1, 0.15) is 11.0 Å². The zero-order valence-corrected chi connectivity index (χ0v) is 23.9. The molecule has 0 saturated carbocycles. The number of halogens is 3. The summed E-state index contributed by atoms with van der Waals surface area (Å²) in [5, 5.41) is 2.00. The topological polar surface area (TPSA) is 109 Å². The number of aromatic nitrogens is 1. The number of amides is 3. The summed E-state index contributed by atoms with van der Waals surface area (Å²) in [6.45, 7) is 1.54. The first-order valence-corrected chi connectivity index (χ1v) is 14.7. The molecule has 8 nitrogen and oxygen atoms in total. The number of carbonyl (C=O) groups excluding carboxylic acids is 3. The highest BCUT2D eigenvalue weighted by molar-refractivity contribution is 8.00. The number of imide groups is 1. The summed E-state index contributed by atoms with van der Waals surface area (Å²) in [6, 6.07) is 18.2. The third-order valence-corrected chi connectivity index (χ3v) is 9.62. The highest BCUT2D eigenvalue weighted by Crippen LogP contribution is 2.55. The first-order valence-electron chi connectivity index (χ1n) is 13.0. The van der Waals surface area contributed by atoms with Gasteiger partial charge in [-0.2, -0.15) is 13.2 Å². The van der Waals surface area contributed by atoms with Crippen LogP contribution >= 0.6 is 23.1 Å². The number of ether oxygens (including phenoxy) is 1. The summed E-state index contributed by atoms with van der Waals surface area (Å²) in [5.74, 6) is -3.87. The van der Waals surface area contributed by atoms with Crippen LogP contribution in [0, 0.1) is 12.8 Å². The van der Waals surface area contributed by atoms with Gasteiger partial charge < -0.3 is 15.0 Å². The lowest BCUT2D eigenvalue weighted by molar-refractivity contribution is -0.137. The van der Waals surface area contributed by atoms with E-state index in [1.165, 1.54) is 12.1 Å². The Kier molecular flexibility index (Phi) is 7.38. The number of nitrogens with zero attached hydrogens (tertiary/aromatic N) is 1. The van der Waals surface area contributed by atoms with E-state index in [4.69, 9.17) is 4.74 Å². The van der Waals surface area contributed by atoms with E-state index in [2.05, 4.69) is 10.3 Å². The van der Waals surface area contributed by atoms with E-state index in [1.54, 1.807) is 36.4 Å². The molecule has 0 aliphatic carbocycles. The molecular weight excluding hydrogens is 603 g/mol. The summed E-state index contributed by atoms with van der Waals surface area (Å²) in [7, 11) is 0. The molecule has 3 amide bonds. The molecule has 13 heteroatoms. The highest BCUT2D eigenvalue weighted by Gasteiger charge is 2.57. The van der Waals surface area contributed by atoms with Gasteiger partial charge in [0, 0.05) is 22.0 Å². The lowest BCUT2D eigenvalue weighted by Gasteiger charge is -2.30. The van der Waals surface area contributed by atoms with Crippen LogP contribution in [0.2, 0.25) is 0 Å². The van der Waals surface area contributed by atoms with Crippen LogP contribution in [-0.4, -0.2) is 34.6 Å². The first kappa shape index (κ1) is 28.7. The van der Waals surface area contributed by atoms with Crippen molar-refractivity contribution < 1.29 is 32.3 Å². The van der Waals surface area contributed by atoms with E-state index in [1.807, 2.05) is 19.1 Å². The molecule has 43 heavy (non-hydrogen) atoms. The number of para-hydroxylation sites is 2. The van der Waals surface area contributed by atoms with Gasteiger partial charge in [0.05, 0.1) is 22.2 Å². The maximum atomic E-state index is 14.0. The Bertz CT molecular complexity index is 1800. The zero-order valence-electron chi connectivity index (χ0n) is 22.3. The van der Waals surface area contributed by atoms with Crippen molar-refractivity contribution in [2.75, 3.05) is 16.8 Å². The van der Waals surface area contributed by atoms with Gasteiger partial charge in [-0.15, -0.1) is 0 Å².